The van der Waals surface area contributed by atoms with Crippen molar-refractivity contribution < 1.29 is 4.79 Å². The first-order valence-electron chi connectivity index (χ1n) is 5.92. The number of carbonyl (C=O) groups excluding carboxylic acids is 1. The Hall–Kier alpha value is 0.130. The van der Waals surface area contributed by atoms with Crippen molar-refractivity contribution >= 4 is 29.4 Å². The van der Waals surface area contributed by atoms with Crippen molar-refractivity contribution in [2.45, 2.75) is 31.7 Å². The predicted octanol–water partition coefficient (Wildman–Crippen LogP) is 1.69. The van der Waals surface area contributed by atoms with Gasteiger partial charge in [-0.05, 0) is 24.9 Å². The van der Waals surface area contributed by atoms with E-state index < -0.39 is 0 Å². The normalized spacial score (nSPS) is 19.9. The fraction of sp³-hybridized carbons (Fsp3) is 0.909. The molecule has 1 unspecified atom stereocenters. The highest BCUT2D eigenvalue weighted by Crippen LogP contribution is 2.09. The molecule has 0 bridgehead atoms. The summed E-state index contributed by atoms with van der Waals surface area (Å²) in [6.45, 7) is 0.834. The lowest BCUT2D eigenvalue weighted by molar-refractivity contribution is -0.122. The van der Waals surface area contributed by atoms with E-state index in [1.165, 1.54) is 25.0 Å². The topological polar surface area (TPSA) is 41.1 Å². The SMILES string of the molecule is CSCCCCCCNC(=O)C1CSCN1. The first-order valence-corrected chi connectivity index (χ1v) is 8.47. The van der Waals surface area contributed by atoms with Gasteiger partial charge in [0.1, 0.15) is 0 Å². The van der Waals surface area contributed by atoms with Crippen molar-refractivity contribution in [1.29, 1.82) is 0 Å². The molecule has 0 aromatic heterocycles. The summed E-state index contributed by atoms with van der Waals surface area (Å²) in [6.07, 6.45) is 7.07. The molecule has 1 rings (SSSR count). The zero-order chi connectivity index (χ0) is 11.6. The van der Waals surface area contributed by atoms with E-state index in [1.54, 1.807) is 11.8 Å². The molecule has 2 N–H and O–H groups in total. The van der Waals surface area contributed by atoms with Crippen LogP contribution in [0.2, 0.25) is 0 Å². The smallest absolute Gasteiger partial charge is 0.238 e. The van der Waals surface area contributed by atoms with Crippen LogP contribution in [0.25, 0.3) is 0 Å². The summed E-state index contributed by atoms with van der Waals surface area (Å²) in [5, 5.41) is 6.17. The van der Waals surface area contributed by atoms with Crippen LogP contribution in [0.1, 0.15) is 25.7 Å². The molecule has 0 aliphatic carbocycles. The van der Waals surface area contributed by atoms with Gasteiger partial charge < -0.3 is 5.32 Å². The number of rotatable bonds is 8. The molecule has 16 heavy (non-hydrogen) atoms. The summed E-state index contributed by atoms with van der Waals surface area (Å²) < 4.78 is 0. The van der Waals surface area contributed by atoms with Gasteiger partial charge in [0, 0.05) is 18.2 Å². The molecular weight excluding hydrogens is 240 g/mol. The van der Waals surface area contributed by atoms with Crippen LogP contribution in [0, 0.1) is 0 Å². The van der Waals surface area contributed by atoms with E-state index in [0.717, 1.165) is 24.6 Å². The first kappa shape index (κ1) is 14.2. The number of unbranched alkanes of at least 4 members (excludes halogenated alkanes) is 3. The number of nitrogens with one attached hydrogen (secondary N) is 2. The van der Waals surface area contributed by atoms with Gasteiger partial charge >= 0.3 is 0 Å². The third kappa shape index (κ3) is 6.01. The Morgan fingerprint density at radius 3 is 2.94 bits per heavy atom. The van der Waals surface area contributed by atoms with Crippen LogP contribution in [0.3, 0.4) is 0 Å². The number of hydrogen-bond acceptors (Lipinski definition) is 4. The third-order valence-corrected chi connectivity index (χ3v) is 4.24. The Labute approximate surface area is 107 Å². The number of carbonyl (C=O) groups is 1. The summed E-state index contributed by atoms with van der Waals surface area (Å²) in [6, 6.07) is 0.0430. The highest BCUT2D eigenvalue weighted by molar-refractivity contribution is 7.99. The van der Waals surface area contributed by atoms with Crippen molar-refractivity contribution in [3.05, 3.63) is 0 Å². The minimum absolute atomic E-state index is 0.0430. The second kappa shape index (κ2) is 9.19. The predicted molar refractivity (Wildman–Crippen MR) is 74.1 cm³/mol. The van der Waals surface area contributed by atoms with Gasteiger partial charge in [0.05, 0.1) is 6.04 Å². The van der Waals surface area contributed by atoms with Gasteiger partial charge in [-0.25, -0.2) is 0 Å². The van der Waals surface area contributed by atoms with Crippen LogP contribution in [0.4, 0.5) is 0 Å². The molecule has 1 atom stereocenters. The van der Waals surface area contributed by atoms with Crippen LogP contribution in [0.15, 0.2) is 0 Å². The fourth-order valence-electron chi connectivity index (χ4n) is 1.62. The molecule has 1 heterocycles. The monoisotopic (exact) mass is 262 g/mol. The average molecular weight is 262 g/mol. The molecule has 1 aliphatic heterocycles. The van der Waals surface area contributed by atoms with E-state index >= 15 is 0 Å². The largest absolute Gasteiger partial charge is 0.355 e. The molecular formula is C11H22N2OS2. The molecule has 5 heteroatoms. The molecule has 0 aromatic rings. The lowest BCUT2D eigenvalue weighted by Crippen LogP contribution is -2.42. The standard InChI is InChI=1S/C11H22N2OS2/c1-15-7-5-3-2-4-6-12-11(14)10-8-16-9-13-10/h10,13H,2-9H2,1H3,(H,12,14). The van der Waals surface area contributed by atoms with Gasteiger partial charge in [-0.15, -0.1) is 11.8 Å². The summed E-state index contributed by atoms with van der Waals surface area (Å²) in [4.78, 5) is 11.6. The molecule has 0 spiro atoms. The molecule has 0 saturated carbocycles. The molecule has 94 valence electrons. The Bertz CT molecular complexity index is 196. The fourth-order valence-corrected chi connectivity index (χ4v) is 3.06. The maximum atomic E-state index is 11.6. The number of hydrogen-bond donors (Lipinski definition) is 2. The Morgan fingerprint density at radius 2 is 2.25 bits per heavy atom. The summed E-state index contributed by atoms with van der Waals surface area (Å²) in [5.74, 6) is 3.26. The van der Waals surface area contributed by atoms with Crippen molar-refractivity contribution in [2.24, 2.45) is 0 Å². The van der Waals surface area contributed by atoms with Gasteiger partial charge in [0.25, 0.3) is 0 Å². The van der Waals surface area contributed by atoms with Gasteiger partial charge in [-0.2, -0.15) is 11.8 Å². The van der Waals surface area contributed by atoms with E-state index in [9.17, 15) is 4.79 Å². The van der Waals surface area contributed by atoms with Crippen LogP contribution < -0.4 is 10.6 Å². The van der Waals surface area contributed by atoms with Gasteiger partial charge in [-0.3, -0.25) is 10.1 Å². The van der Waals surface area contributed by atoms with Crippen molar-refractivity contribution in [1.82, 2.24) is 10.6 Å². The van der Waals surface area contributed by atoms with Gasteiger partial charge in [0.2, 0.25) is 5.91 Å². The highest BCUT2D eigenvalue weighted by atomic mass is 32.2. The molecule has 0 aromatic carbocycles. The van der Waals surface area contributed by atoms with Crippen LogP contribution in [0.5, 0.6) is 0 Å². The van der Waals surface area contributed by atoms with Crippen LogP contribution in [-0.4, -0.2) is 42.1 Å². The number of thioether (sulfide) groups is 2. The van der Waals surface area contributed by atoms with E-state index in [1.807, 2.05) is 11.8 Å². The molecule has 1 fully saturated rings. The molecule has 1 aliphatic rings. The Balaban J connectivity index is 1.88. The second-order valence-electron chi connectivity index (χ2n) is 3.97. The van der Waals surface area contributed by atoms with Crippen molar-refractivity contribution in [3.63, 3.8) is 0 Å². The van der Waals surface area contributed by atoms with Crippen molar-refractivity contribution in [3.8, 4) is 0 Å². The summed E-state index contributed by atoms with van der Waals surface area (Å²) in [5.41, 5.74) is 0. The summed E-state index contributed by atoms with van der Waals surface area (Å²) >= 11 is 3.70. The maximum Gasteiger partial charge on any atom is 0.238 e. The second-order valence-corrected chi connectivity index (χ2v) is 5.99. The molecule has 3 nitrogen and oxygen atoms in total. The minimum Gasteiger partial charge on any atom is -0.355 e. The quantitative estimate of drug-likeness (QED) is 0.653. The average Bonchev–Trinajstić information content (AvgIpc) is 2.81. The van der Waals surface area contributed by atoms with E-state index in [4.69, 9.17) is 0 Å². The van der Waals surface area contributed by atoms with E-state index in [2.05, 4.69) is 16.9 Å². The molecule has 0 radical (unpaired) electrons. The Morgan fingerprint density at radius 1 is 1.44 bits per heavy atom. The molecule has 1 saturated heterocycles. The zero-order valence-electron chi connectivity index (χ0n) is 9.96. The minimum atomic E-state index is 0.0430. The zero-order valence-corrected chi connectivity index (χ0v) is 11.6. The number of amides is 1. The van der Waals surface area contributed by atoms with Crippen LogP contribution >= 0.6 is 23.5 Å². The van der Waals surface area contributed by atoms with Gasteiger partial charge in [-0.1, -0.05) is 12.8 Å². The lowest BCUT2D eigenvalue weighted by Gasteiger charge is -2.10. The Kier molecular flexibility index (Phi) is 8.15. The third-order valence-electron chi connectivity index (χ3n) is 2.61. The van der Waals surface area contributed by atoms with Crippen molar-refractivity contribution in [2.75, 3.05) is 30.2 Å². The first-order chi connectivity index (χ1) is 7.84. The van der Waals surface area contributed by atoms with Crippen LogP contribution in [-0.2, 0) is 4.79 Å². The highest BCUT2D eigenvalue weighted by Gasteiger charge is 2.21. The maximum absolute atomic E-state index is 11.6. The summed E-state index contributed by atoms with van der Waals surface area (Å²) in [7, 11) is 0. The lowest BCUT2D eigenvalue weighted by atomic mass is 10.2. The van der Waals surface area contributed by atoms with E-state index in [-0.39, 0.29) is 11.9 Å². The van der Waals surface area contributed by atoms with Gasteiger partial charge in [0.15, 0.2) is 0 Å². The van der Waals surface area contributed by atoms with E-state index in [0.29, 0.717) is 0 Å². The molecule has 1 amide bonds.